The molecule has 1 aliphatic rings. The average Bonchev–Trinajstić information content (AvgIpc) is 3.51. The van der Waals surface area contributed by atoms with E-state index in [1.165, 1.54) is 5.56 Å². The summed E-state index contributed by atoms with van der Waals surface area (Å²) >= 11 is 1.77. The quantitative estimate of drug-likeness (QED) is 0.242. The van der Waals surface area contributed by atoms with Crippen LogP contribution in [0.2, 0.25) is 0 Å². The Kier molecular flexibility index (Phi) is 8.70. The Morgan fingerprint density at radius 1 is 1.37 bits per heavy atom. The first-order valence-electron chi connectivity index (χ1n) is 9.96. The lowest BCUT2D eigenvalue weighted by atomic mass is 10.0. The lowest BCUT2D eigenvalue weighted by molar-refractivity contribution is 0.198. The molecule has 0 amide bonds. The fraction of sp³-hybridized carbons (Fsp3) is 0.450. The zero-order valence-corrected chi connectivity index (χ0v) is 20.2. The van der Waals surface area contributed by atoms with Crippen LogP contribution in [0, 0.1) is 0 Å². The molecular formula is C20H28IN7OS. The predicted octanol–water partition coefficient (Wildman–Crippen LogP) is 3.12. The van der Waals surface area contributed by atoms with Crippen molar-refractivity contribution in [3.8, 4) is 11.6 Å². The zero-order chi connectivity index (χ0) is 19.9. The Morgan fingerprint density at radius 2 is 2.23 bits per heavy atom. The highest BCUT2D eigenvalue weighted by molar-refractivity contribution is 14.0. The highest BCUT2D eigenvalue weighted by Gasteiger charge is 2.20. The van der Waals surface area contributed by atoms with Crippen LogP contribution in [0.1, 0.15) is 24.2 Å². The van der Waals surface area contributed by atoms with E-state index in [1.807, 2.05) is 19.2 Å². The van der Waals surface area contributed by atoms with E-state index < -0.39 is 0 Å². The summed E-state index contributed by atoms with van der Waals surface area (Å²) in [6.07, 6.45) is 4.60. The number of thiophene rings is 1. The molecule has 4 rings (SSSR count). The van der Waals surface area contributed by atoms with Gasteiger partial charge in [0.15, 0.2) is 11.7 Å². The molecule has 0 atom stereocenters. The summed E-state index contributed by atoms with van der Waals surface area (Å²) in [6, 6.07) is 6.35. The van der Waals surface area contributed by atoms with Crippen molar-refractivity contribution in [2.45, 2.75) is 31.8 Å². The summed E-state index contributed by atoms with van der Waals surface area (Å²) < 4.78 is 5.32. The first-order valence-corrected chi connectivity index (χ1v) is 10.9. The molecule has 0 aliphatic carbocycles. The van der Waals surface area contributed by atoms with E-state index >= 15 is 0 Å². The van der Waals surface area contributed by atoms with Crippen molar-refractivity contribution in [2.75, 3.05) is 26.7 Å². The molecule has 3 aromatic heterocycles. The molecular weight excluding hydrogens is 513 g/mol. The van der Waals surface area contributed by atoms with Crippen molar-refractivity contribution in [1.29, 1.82) is 0 Å². The molecule has 8 nitrogen and oxygen atoms in total. The Bertz CT molecular complexity index is 886. The standard InChI is InChI=1S/C20H27N7OS.HI/c1-21-20(22-8-4-18-24-19(26-25-18)17-3-2-11-28-17)23-16-5-9-27(10-6-16)13-15-7-12-29-14-15;/h2-3,7,11-12,14,16H,4-6,8-10,13H2,1H3,(H2,21,22,23)(H,24,25,26);1H. The van der Waals surface area contributed by atoms with Gasteiger partial charge < -0.3 is 15.1 Å². The fourth-order valence-electron chi connectivity index (χ4n) is 3.49. The first-order chi connectivity index (χ1) is 14.3. The molecule has 4 heterocycles. The second-order valence-corrected chi connectivity index (χ2v) is 7.94. The van der Waals surface area contributed by atoms with Gasteiger partial charge in [0.1, 0.15) is 5.82 Å². The van der Waals surface area contributed by atoms with Gasteiger partial charge in [-0.2, -0.15) is 16.4 Å². The minimum atomic E-state index is 0. The second kappa shape index (κ2) is 11.5. The van der Waals surface area contributed by atoms with E-state index in [4.69, 9.17) is 4.42 Å². The van der Waals surface area contributed by atoms with Crippen LogP contribution >= 0.6 is 35.3 Å². The molecule has 3 N–H and O–H groups in total. The van der Waals surface area contributed by atoms with Crippen LogP contribution in [0.25, 0.3) is 11.6 Å². The molecule has 3 aromatic rings. The van der Waals surface area contributed by atoms with Crippen molar-refractivity contribution in [3.63, 3.8) is 0 Å². The number of aliphatic imine (C=N–C) groups is 1. The van der Waals surface area contributed by atoms with Crippen molar-refractivity contribution in [2.24, 2.45) is 4.99 Å². The van der Waals surface area contributed by atoms with Crippen molar-refractivity contribution >= 4 is 41.3 Å². The van der Waals surface area contributed by atoms with E-state index in [-0.39, 0.29) is 24.0 Å². The Hall–Kier alpha value is -1.92. The Morgan fingerprint density at radius 3 is 2.93 bits per heavy atom. The number of likely N-dealkylation sites (tertiary alicyclic amines) is 1. The number of H-pyrrole nitrogens is 1. The summed E-state index contributed by atoms with van der Waals surface area (Å²) in [6.45, 7) is 4.00. The van der Waals surface area contributed by atoms with Crippen molar-refractivity contribution < 1.29 is 4.42 Å². The van der Waals surface area contributed by atoms with Gasteiger partial charge >= 0.3 is 0 Å². The van der Waals surface area contributed by atoms with Crippen molar-refractivity contribution in [1.82, 2.24) is 30.7 Å². The second-order valence-electron chi connectivity index (χ2n) is 7.16. The third-order valence-corrected chi connectivity index (χ3v) is 5.80. The first kappa shape index (κ1) is 22.8. The van der Waals surface area contributed by atoms with E-state index in [0.717, 1.165) is 57.2 Å². The summed E-state index contributed by atoms with van der Waals surface area (Å²) in [5.74, 6) is 2.91. The largest absolute Gasteiger partial charge is 0.461 e. The molecule has 0 saturated carbocycles. The lowest BCUT2D eigenvalue weighted by Gasteiger charge is -2.32. The van der Waals surface area contributed by atoms with Gasteiger partial charge in [-0.3, -0.25) is 15.0 Å². The highest BCUT2D eigenvalue weighted by Crippen LogP contribution is 2.16. The third kappa shape index (κ3) is 6.29. The van der Waals surface area contributed by atoms with E-state index in [9.17, 15) is 0 Å². The van der Waals surface area contributed by atoms with Crippen LogP contribution in [0.4, 0.5) is 0 Å². The minimum absolute atomic E-state index is 0. The Labute approximate surface area is 197 Å². The maximum absolute atomic E-state index is 5.32. The Balaban J connectivity index is 0.00000256. The summed E-state index contributed by atoms with van der Waals surface area (Å²) in [5.41, 5.74) is 1.42. The number of piperidine rings is 1. The topological polar surface area (TPSA) is 94.4 Å². The van der Waals surface area contributed by atoms with Crippen LogP contribution in [-0.2, 0) is 13.0 Å². The summed E-state index contributed by atoms with van der Waals surface area (Å²) in [4.78, 5) is 11.3. The van der Waals surface area contributed by atoms with Gasteiger partial charge in [0.05, 0.1) is 6.26 Å². The molecule has 30 heavy (non-hydrogen) atoms. The molecule has 162 valence electrons. The molecule has 10 heteroatoms. The summed E-state index contributed by atoms with van der Waals surface area (Å²) in [7, 11) is 1.81. The number of nitrogens with zero attached hydrogens (tertiary/aromatic N) is 4. The van der Waals surface area contributed by atoms with Gasteiger partial charge in [-0.15, -0.1) is 24.0 Å². The maximum atomic E-state index is 5.32. The molecule has 0 bridgehead atoms. The highest BCUT2D eigenvalue weighted by atomic mass is 127. The smallest absolute Gasteiger partial charge is 0.216 e. The number of nitrogens with one attached hydrogen (secondary N) is 3. The lowest BCUT2D eigenvalue weighted by Crippen LogP contribution is -2.48. The van der Waals surface area contributed by atoms with Crippen LogP contribution in [-0.4, -0.2) is 58.8 Å². The van der Waals surface area contributed by atoms with Crippen LogP contribution < -0.4 is 10.6 Å². The van der Waals surface area contributed by atoms with Gasteiger partial charge in [0, 0.05) is 45.7 Å². The number of rotatable bonds is 7. The minimum Gasteiger partial charge on any atom is -0.461 e. The van der Waals surface area contributed by atoms with Crippen molar-refractivity contribution in [3.05, 3.63) is 46.6 Å². The number of aromatic amines is 1. The van der Waals surface area contributed by atoms with Crippen LogP contribution in [0.3, 0.4) is 0 Å². The van der Waals surface area contributed by atoms with E-state index in [0.29, 0.717) is 17.6 Å². The van der Waals surface area contributed by atoms with Gasteiger partial charge in [-0.25, -0.2) is 4.98 Å². The molecule has 1 fully saturated rings. The molecule has 0 unspecified atom stereocenters. The average molecular weight is 541 g/mol. The SMILES string of the molecule is CN=C(NCCc1nc(-c2ccco2)n[nH]1)NC1CCN(Cc2ccsc2)CC1.I. The normalized spacial score (nSPS) is 15.7. The van der Waals surface area contributed by atoms with Crippen LogP contribution in [0.15, 0.2) is 44.6 Å². The molecule has 1 saturated heterocycles. The molecule has 0 spiro atoms. The maximum Gasteiger partial charge on any atom is 0.216 e. The van der Waals surface area contributed by atoms with E-state index in [2.05, 4.69) is 52.5 Å². The van der Waals surface area contributed by atoms with Gasteiger partial charge in [-0.05, 0) is 47.4 Å². The molecule has 1 aliphatic heterocycles. The zero-order valence-electron chi connectivity index (χ0n) is 17.0. The number of hydrogen-bond acceptors (Lipinski definition) is 6. The van der Waals surface area contributed by atoms with Gasteiger partial charge in [0.25, 0.3) is 0 Å². The number of halogens is 1. The van der Waals surface area contributed by atoms with Gasteiger partial charge in [-0.1, -0.05) is 0 Å². The molecule has 0 aromatic carbocycles. The third-order valence-electron chi connectivity index (χ3n) is 5.07. The number of hydrogen-bond donors (Lipinski definition) is 3. The monoisotopic (exact) mass is 541 g/mol. The number of furan rings is 1. The van der Waals surface area contributed by atoms with Crippen LogP contribution in [0.5, 0.6) is 0 Å². The fourth-order valence-corrected chi connectivity index (χ4v) is 4.15. The number of aromatic nitrogens is 3. The van der Waals surface area contributed by atoms with Gasteiger partial charge in [0.2, 0.25) is 5.82 Å². The molecule has 0 radical (unpaired) electrons. The predicted molar refractivity (Wildman–Crippen MR) is 130 cm³/mol. The van der Waals surface area contributed by atoms with E-state index in [1.54, 1.807) is 17.6 Å². The summed E-state index contributed by atoms with van der Waals surface area (Å²) in [5, 5.41) is 18.5. The number of guanidine groups is 1.